The first-order valence-corrected chi connectivity index (χ1v) is 10.3. The lowest BCUT2D eigenvalue weighted by Crippen LogP contribution is -2.12. The van der Waals surface area contributed by atoms with Crippen molar-refractivity contribution in [1.29, 1.82) is 0 Å². The molecule has 2 heterocycles. The Morgan fingerprint density at radius 1 is 0.966 bits per heavy atom. The topological polar surface area (TPSA) is 82.8 Å². The van der Waals surface area contributed by atoms with Crippen LogP contribution in [0.2, 0.25) is 0 Å². The second kappa shape index (κ2) is 7.75. The van der Waals surface area contributed by atoms with E-state index in [9.17, 15) is 0 Å². The molecule has 0 aliphatic carbocycles. The van der Waals surface area contributed by atoms with Gasteiger partial charge in [0.25, 0.3) is 0 Å². The lowest BCUT2D eigenvalue weighted by atomic mass is 9.87. The van der Waals surface area contributed by atoms with Gasteiger partial charge in [0.15, 0.2) is 5.82 Å². The molecule has 7 heteroatoms. The van der Waals surface area contributed by atoms with Crippen LogP contribution in [0.4, 0.5) is 0 Å². The van der Waals surface area contributed by atoms with Crippen LogP contribution in [0.5, 0.6) is 0 Å². The van der Waals surface area contributed by atoms with Crippen molar-refractivity contribution in [2.24, 2.45) is 0 Å². The van der Waals surface area contributed by atoms with Crippen LogP contribution in [0.25, 0.3) is 22.8 Å². The maximum absolute atomic E-state index is 6.25. The lowest BCUT2D eigenvalue weighted by Gasteiger charge is -2.19. The van der Waals surface area contributed by atoms with Gasteiger partial charge in [0.2, 0.25) is 11.0 Å². The minimum Gasteiger partial charge on any atom is -0.444 e. The third-order valence-electron chi connectivity index (χ3n) is 4.60. The van der Waals surface area contributed by atoms with E-state index in [4.69, 9.17) is 10.3 Å². The lowest BCUT2D eigenvalue weighted by molar-refractivity contribution is 0.573. The highest BCUT2D eigenvalue weighted by atomic mass is 32.2. The molecule has 4 aromatic rings. The van der Waals surface area contributed by atoms with E-state index in [0.717, 1.165) is 16.8 Å². The van der Waals surface area contributed by atoms with E-state index in [0.29, 0.717) is 22.6 Å². The molecule has 4 rings (SSSR count). The van der Waals surface area contributed by atoms with E-state index in [1.165, 1.54) is 22.0 Å². The van der Waals surface area contributed by atoms with Gasteiger partial charge >= 0.3 is 0 Å². The molecule has 0 bridgehead atoms. The number of rotatable bonds is 5. The average molecular weight is 406 g/mol. The molecular weight excluding hydrogens is 382 g/mol. The fourth-order valence-corrected chi connectivity index (χ4v) is 3.65. The molecule has 6 nitrogen and oxygen atoms in total. The quantitative estimate of drug-likeness (QED) is 0.375. The number of hydrogen-bond donors (Lipinski definition) is 1. The standard InChI is InChI=1S/C22H23N5OS/c1-22(2,3)17-11-9-15(10-12-17)19-25-26-21(27(19)23)29-14-18-13-28-20(24-18)16-7-5-4-6-8-16/h4-13H,14,23H2,1-3H3. The summed E-state index contributed by atoms with van der Waals surface area (Å²) < 4.78 is 7.11. The first-order valence-electron chi connectivity index (χ1n) is 9.36. The summed E-state index contributed by atoms with van der Waals surface area (Å²) in [5, 5.41) is 9.13. The van der Waals surface area contributed by atoms with Gasteiger partial charge in [-0.1, -0.05) is 75.0 Å². The molecule has 0 spiro atoms. The van der Waals surface area contributed by atoms with Crippen LogP contribution in [0, 0.1) is 0 Å². The minimum atomic E-state index is 0.103. The summed E-state index contributed by atoms with van der Waals surface area (Å²) in [5.41, 5.74) is 4.08. The zero-order valence-corrected chi connectivity index (χ0v) is 17.5. The molecule has 0 radical (unpaired) electrons. The Morgan fingerprint density at radius 2 is 1.69 bits per heavy atom. The third kappa shape index (κ3) is 4.19. The first-order chi connectivity index (χ1) is 13.9. The molecule has 29 heavy (non-hydrogen) atoms. The van der Waals surface area contributed by atoms with E-state index in [1.54, 1.807) is 6.26 Å². The first kappa shape index (κ1) is 19.3. The minimum absolute atomic E-state index is 0.103. The predicted molar refractivity (Wildman–Crippen MR) is 116 cm³/mol. The molecule has 0 aliphatic rings. The molecule has 2 aromatic carbocycles. The number of nitrogens with two attached hydrogens (primary N) is 1. The Labute approximate surface area is 174 Å². The van der Waals surface area contributed by atoms with Gasteiger partial charge in [-0.05, 0) is 23.1 Å². The maximum Gasteiger partial charge on any atom is 0.226 e. The number of hydrogen-bond acceptors (Lipinski definition) is 6. The highest BCUT2D eigenvalue weighted by Gasteiger charge is 2.16. The van der Waals surface area contributed by atoms with Gasteiger partial charge in [0, 0.05) is 16.9 Å². The molecule has 0 amide bonds. The van der Waals surface area contributed by atoms with Crippen molar-refractivity contribution in [2.45, 2.75) is 37.1 Å². The van der Waals surface area contributed by atoms with Crippen molar-refractivity contribution >= 4 is 11.8 Å². The highest BCUT2D eigenvalue weighted by molar-refractivity contribution is 7.98. The summed E-state index contributed by atoms with van der Waals surface area (Å²) >= 11 is 1.47. The smallest absolute Gasteiger partial charge is 0.226 e. The summed E-state index contributed by atoms with van der Waals surface area (Å²) in [4.78, 5) is 4.54. The van der Waals surface area contributed by atoms with Gasteiger partial charge in [-0.3, -0.25) is 0 Å². The van der Waals surface area contributed by atoms with Crippen LogP contribution in [-0.4, -0.2) is 19.9 Å². The fourth-order valence-electron chi connectivity index (χ4n) is 2.92. The molecule has 2 N–H and O–H groups in total. The summed E-state index contributed by atoms with van der Waals surface area (Å²) in [6.45, 7) is 6.57. The Morgan fingerprint density at radius 3 is 2.38 bits per heavy atom. The average Bonchev–Trinajstić information content (AvgIpc) is 3.33. The summed E-state index contributed by atoms with van der Waals surface area (Å²) in [5.74, 6) is 8.08. The van der Waals surface area contributed by atoms with Gasteiger partial charge in [-0.25, -0.2) is 9.66 Å². The molecule has 2 aromatic heterocycles. The Balaban J connectivity index is 1.46. The molecule has 148 valence electrons. The van der Waals surface area contributed by atoms with Crippen molar-refractivity contribution in [3.63, 3.8) is 0 Å². The Hall–Kier alpha value is -3.06. The molecule has 0 saturated carbocycles. The van der Waals surface area contributed by atoms with Crippen LogP contribution in [0.3, 0.4) is 0 Å². The van der Waals surface area contributed by atoms with Crippen molar-refractivity contribution in [1.82, 2.24) is 19.9 Å². The zero-order valence-electron chi connectivity index (χ0n) is 16.7. The zero-order chi connectivity index (χ0) is 20.4. The Bertz CT molecular complexity index is 1090. The summed E-state index contributed by atoms with van der Waals surface area (Å²) in [6.07, 6.45) is 1.67. The second-order valence-electron chi connectivity index (χ2n) is 7.80. The van der Waals surface area contributed by atoms with Gasteiger partial charge in [0.1, 0.15) is 6.26 Å². The monoisotopic (exact) mass is 405 g/mol. The number of benzene rings is 2. The van der Waals surface area contributed by atoms with Crippen molar-refractivity contribution in [3.8, 4) is 22.8 Å². The van der Waals surface area contributed by atoms with Gasteiger partial charge in [0.05, 0.1) is 5.69 Å². The normalized spacial score (nSPS) is 11.7. The van der Waals surface area contributed by atoms with Crippen LogP contribution >= 0.6 is 11.8 Å². The van der Waals surface area contributed by atoms with Gasteiger partial charge in [-0.15, -0.1) is 10.2 Å². The third-order valence-corrected chi connectivity index (χ3v) is 5.57. The summed E-state index contributed by atoms with van der Waals surface area (Å²) in [6, 6.07) is 18.1. The van der Waals surface area contributed by atoms with Crippen molar-refractivity contribution in [2.75, 3.05) is 5.84 Å². The van der Waals surface area contributed by atoms with E-state index >= 15 is 0 Å². The molecule has 0 aliphatic heterocycles. The van der Waals surface area contributed by atoms with E-state index in [1.807, 2.05) is 42.5 Å². The molecular formula is C22H23N5OS. The van der Waals surface area contributed by atoms with Crippen LogP contribution < -0.4 is 5.84 Å². The number of oxazole rings is 1. The van der Waals surface area contributed by atoms with Crippen LogP contribution in [0.1, 0.15) is 32.0 Å². The molecule has 0 atom stereocenters. The SMILES string of the molecule is CC(C)(C)c1ccc(-c2nnc(SCc3coc(-c4ccccc4)n3)n2N)cc1. The largest absolute Gasteiger partial charge is 0.444 e. The highest BCUT2D eigenvalue weighted by Crippen LogP contribution is 2.28. The number of nitrogens with zero attached hydrogens (tertiary/aromatic N) is 4. The van der Waals surface area contributed by atoms with Crippen molar-refractivity contribution in [3.05, 3.63) is 72.1 Å². The van der Waals surface area contributed by atoms with Gasteiger partial charge < -0.3 is 10.3 Å². The molecule has 0 fully saturated rings. The van der Waals surface area contributed by atoms with E-state index in [2.05, 4.69) is 48.1 Å². The van der Waals surface area contributed by atoms with Gasteiger partial charge in [-0.2, -0.15) is 0 Å². The van der Waals surface area contributed by atoms with E-state index in [-0.39, 0.29) is 5.41 Å². The molecule has 0 unspecified atom stereocenters. The van der Waals surface area contributed by atoms with Crippen molar-refractivity contribution < 1.29 is 4.42 Å². The maximum atomic E-state index is 6.25. The predicted octanol–water partition coefficient (Wildman–Crippen LogP) is 4.90. The molecule has 0 saturated heterocycles. The van der Waals surface area contributed by atoms with E-state index < -0.39 is 0 Å². The fraction of sp³-hybridized carbons (Fsp3) is 0.227. The number of thioether (sulfide) groups is 1. The second-order valence-corrected chi connectivity index (χ2v) is 8.74. The summed E-state index contributed by atoms with van der Waals surface area (Å²) in [7, 11) is 0. The Kier molecular flexibility index (Phi) is 5.15. The number of aromatic nitrogens is 4. The number of nitrogen functional groups attached to an aromatic ring is 1. The van der Waals surface area contributed by atoms with Crippen LogP contribution in [0.15, 0.2) is 70.4 Å². The van der Waals surface area contributed by atoms with Crippen LogP contribution in [-0.2, 0) is 11.2 Å².